The molecule has 5 nitrogen and oxygen atoms in total. The van der Waals surface area contributed by atoms with Crippen LogP contribution >= 0.6 is 0 Å². The van der Waals surface area contributed by atoms with E-state index in [0.29, 0.717) is 12.4 Å². The fourth-order valence-electron chi connectivity index (χ4n) is 6.12. The van der Waals surface area contributed by atoms with Crippen molar-refractivity contribution in [3.63, 3.8) is 0 Å². The number of H-pyrrole nitrogens is 1. The summed E-state index contributed by atoms with van der Waals surface area (Å²) in [5.41, 5.74) is 10.2. The number of nitrogens with zero attached hydrogens (tertiary/aromatic N) is 3. The zero-order valence-electron chi connectivity index (χ0n) is 20.6. The molecule has 6 rings (SSSR count). The van der Waals surface area contributed by atoms with E-state index in [9.17, 15) is 0 Å². The molecule has 2 aliphatic carbocycles. The van der Waals surface area contributed by atoms with Crippen LogP contribution in [0, 0.1) is 25.7 Å². The molecule has 3 aromatic carbocycles. The van der Waals surface area contributed by atoms with Crippen molar-refractivity contribution in [2.75, 3.05) is 0 Å². The van der Waals surface area contributed by atoms with Crippen molar-refractivity contribution in [1.29, 1.82) is 0 Å². The van der Waals surface area contributed by atoms with Crippen LogP contribution in [0.2, 0.25) is 0 Å². The van der Waals surface area contributed by atoms with Crippen molar-refractivity contribution in [2.24, 2.45) is 11.8 Å². The van der Waals surface area contributed by atoms with Gasteiger partial charge in [-0.25, -0.2) is 0 Å². The fourth-order valence-corrected chi connectivity index (χ4v) is 6.12. The molecule has 0 bridgehead atoms. The minimum absolute atomic E-state index is 0.559. The smallest absolute Gasteiger partial charge is 0.204 e. The predicted octanol–water partition coefficient (Wildman–Crippen LogP) is 6.63. The van der Waals surface area contributed by atoms with Gasteiger partial charge in [0.05, 0.1) is 0 Å². The Bertz CT molecular complexity index is 1340. The van der Waals surface area contributed by atoms with Gasteiger partial charge in [0, 0.05) is 5.56 Å². The third kappa shape index (κ3) is 4.36. The Morgan fingerprint density at radius 3 is 2.43 bits per heavy atom. The number of aromatic amines is 1. The number of hydrogen-bond acceptors (Lipinski definition) is 4. The van der Waals surface area contributed by atoms with Crippen molar-refractivity contribution >= 4 is 0 Å². The summed E-state index contributed by atoms with van der Waals surface area (Å²) in [5.74, 6) is 3.40. The quantitative estimate of drug-likeness (QED) is 0.348. The maximum Gasteiger partial charge on any atom is 0.204 e. The summed E-state index contributed by atoms with van der Waals surface area (Å²) < 4.78 is 6.43. The van der Waals surface area contributed by atoms with Crippen LogP contribution in [-0.2, 0) is 19.4 Å². The molecule has 178 valence electrons. The molecular weight excluding hydrogens is 432 g/mol. The first-order chi connectivity index (χ1) is 17.2. The minimum atomic E-state index is 0.559. The molecule has 1 atom stereocenters. The SMILES string of the molecule is Cc1c(OCc2cccc(-c3cccc(-c4nn[nH]n4)c3)c2)cc2c(c1C)CC(C1CCCC1)C2. The zero-order chi connectivity index (χ0) is 23.8. The maximum absolute atomic E-state index is 6.43. The average molecular weight is 465 g/mol. The summed E-state index contributed by atoms with van der Waals surface area (Å²) in [6, 6.07) is 19.1. The summed E-state index contributed by atoms with van der Waals surface area (Å²) in [6.07, 6.45) is 8.18. The van der Waals surface area contributed by atoms with E-state index in [1.54, 1.807) is 5.56 Å². The molecule has 0 spiro atoms. The highest BCUT2D eigenvalue weighted by Gasteiger charge is 2.32. The van der Waals surface area contributed by atoms with Gasteiger partial charge in [-0.05, 0) is 101 Å². The lowest BCUT2D eigenvalue weighted by molar-refractivity contribution is 0.303. The molecular formula is C30H32N4O. The van der Waals surface area contributed by atoms with Crippen molar-refractivity contribution in [2.45, 2.75) is 59.0 Å². The highest BCUT2D eigenvalue weighted by Crippen LogP contribution is 2.43. The first-order valence-electron chi connectivity index (χ1n) is 12.8. The third-order valence-electron chi connectivity index (χ3n) is 8.21. The van der Waals surface area contributed by atoms with E-state index in [0.717, 1.165) is 39.8 Å². The van der Waals surface area contributed by atoms with Crippen LogP contribution in [0.3, 0.4) is 0 Å². The van der Waals surface area contributed by atoms with Crippen molar-refractivity contribution in [3.8, 4) is 28.3 Å². The van der Waals surface area contributed by atoms with Crippen LogP contribution in [0.15, 0.2) is 54.6 Å². The first kappa shape index (κ1) is 22.0. The normalized spacial score (nSPS) is 17.6. The highest BCUT2D eigenvalue weighted by molar-refractivity contribution is 5.70. The molecule has 0 saturated heterocycles. The Kier molecular flexibility index (Phi) is 5.85. The Hall–Kier alpha value is -3.47. The monoisotopic (exact) mass is 464 g/mol. The second-order valence-corrected chi connectivity index (χ2v) is 10.3. The van der Waals surface area contributed by atoms with E-state index in [2.05, 4.69) is 76.9 Å². The zero-order valence-corrected chi connectivity index (χ0v) is 20.6. The summed E-state index contributed by atoms with van der Waals surface area (Å²) in [5, 5.41) is 14.4. The molecule has 5 heteroatoms. The Morgan fingerprint density at radius 2 is 1.63 bits per heavy atom. The van der Waals surface area contributed by atoms with E-state index in [1.165, 1.54) is 55.2 Å². The molecule has 4 aromatic rings. The molecule has 1 fully saturated rings. The summed E-state index contributed by atoms with van der Waals surface area (Å²) >= 11 is 0. The number of tetrazole rings is 1. The Labute approximate surface area is 206 Å². The molecule has 1 N–H and O–H groups in total. The topological polar surface area (TPSA) is 63.7 Å². The van der Waals surface area contributed by atoms with Crippen LogP contribution < -0.4 is 4.74 Å². The third-order valence-corrected chi connectivity index (χ3v) is 8.21. The average Bonchev–Trinajstić information content (AvgIpc) is 3.67. The number of aromatic nitrogens is 4. The molecule has 0 radical (unpaired) electrons. The van der Waals surface area contributed by atoms with Gasteiger partial charge in [-0.3, -0.25) is 0 Å². The molecule has 1 heterocycles. The summed E-state index contributed by atoms with van der Waals surface area (Å²) in [4.78, 5) is 0. The van der Waals surface area contributed by atoms with Gasteiger partial charge < -0.3 is 4.74 Å². The van der Waals surface area contributed by atoms with Crippen LogP contribution in [0.1, 0.15) is 53.5 Å². The van der Waals surface area contributed by atoms with E-state index >= 15 is 0 Å². The second kappa shape index (κ2) is 9.29. The fraction of sp³-hybridized carbons (Fsp3) is 0.367. The van der Waals surface area contributed by atoms with Gasteiger partial charge in [0.15, 0.2) is 0 Å². The van der Waals surface area contributed by atoms with Crippen molar-refractivity contribution in [3.05, 3.63) is 82.4 Å². The number of benzene rings is 3. The number of ether oxygens (including phenoxy) is 1. The van der Waals surface area contributed by atoms with Gasteiger partial charge in [-0.15, -0.1) is 10.2 Å². The summed E-state index contributed by atoms with van der Waals surface area (Å²) in [6.45, 7) is 5.06. The molecule has 0 aliphatic heterocycles. The van der Waals surface area contributed by atoms with Crippen LogP contribution in [-0.4, -0.2) is 20.6 Å². The Balaban J connectivity index is 1.19. The van der Waals surface area contributed by atoms with E-state index in [4.69, 9.17) is 4.74 Å². The molecule has 35 heavy (non-hydrogen) atoms. The minimum Gasteiger partial charge on any atom is -0.489 e. The lowest BCUT2D eigenvalue weighted by Crippen LogP contribution is -2.11. The molecule has 0 amide bonds. The lowest BCUT2D eigenvalue weighted by Gasteiger charge is -2.17. The van der Waals surface area contributed by atoms with Crippen LogP contribution in [0.25, 0.3) is 22.5 Å². The van der Waals surface area contributed by atoms with Crippen molar-refractivity contribution < 1.29 is 4.74 Å². The van der Waals surface area contributed by atoms with Gasteiger partial charge in [0.25, 0.3) is 0 Å². The largest absolute Gasteiger partial charge is 0.489 e. The van der Waals surface area contributed by atoms with Crippen molar-refractivity contribution in [1.82, 2.24) is 20.6 Å². The van der Waals surface area contributed by atoms with Gasteiger partial charge >= 0.3 is 0 Å². The van der Waals surface area contributed by atoms with E-state index < -0.39 is 0 Å². The maximum atomic E-state index is 6.43. The van der Waals surface area contributed by atoms with E-state index in [1.807, 2.05) is 12.1 Å². The number of rotatable bonds is 6. The molecule has 1 unspecified atom stereocenters. The number of nitrogens with one attached hydrogen (secondary N) is 1. The van der Waals surface area contributed by atoms with Gasteiger partial charge in [-0.1, -0.05) is 62.1 Å². The number of fused-ring (bicyclic) bond motifs is 1. The predicted molar refractivity (Wildman–Crippen MR) is 138 cm³/mol. The standard InChI is InChI=1S/C30H32N4O/c1-19-20(2)29(17-27-15-26(16-28(19)27)22-8-3-4-9-22)35-18-21-7-5-10-23(13-21)24-11-6-12-25(14-24)30-31-33-34-32-30/h5-7,10-14,17,22,26H,3-4,8-9,15-16,18H2,1-2H3,(H,31,32,33,34). The molecule has 2 aliphatic rings. The van der Waals surface area contributed by atoms with E-state index in [-0.39, 0.29) is 0 Å². The van der Waals surface area contributed by atoms with Gasteiger partial charge in [0.2, 0.25) is 5.82 Å². The first-order valence-corrected chi connectivity index (χ1v) is 12.8. The Morgan fingerprint density at radius 1 is 0.857 bits per heavy atom. The van der Waals surface area contributed by atoms with Crippen LogP contribution in [0.5, 0.6) is 5.75 Å². The van der Waals surface area contributed by atoms with Gasteiger partial charge in [0.1, 0.15) is 12.4 Å². The summed E-state index contributed by atoms with van der Waals surface area (Å²) in [7, 11) is 0. The second-order valence-electron chi connectivity index (χ2n) is 10.3. The number of hydrogen-bond donors (Lipinski definition) is 1. The van der Waals surface area contributed by atoms with Crippen LogP contribution in [0.4, 0.5) is 0 Å². The molecule has 1 aromatic heterocycles. The van der Waals surface area contributed by atoms with Gasteiger partial charge in [-0.2, -0.15) is 5.21 Å². The highest BCUT2D eigenvalue weighted by atomic mass is 16.5. The molecule has 1 saturated carbocycles. The lowest BCUT2D eigenvalue weighted by atomic mass is 9.88.